The third-order valence-electron chi connectivity index (χ3n) is 5.02. The van der Waals surface area contributed by atoms with Crippen molar-refractivity contribution in [2.24, 2.45) is 0 Å². The SMILES string of the molecule is CNc1cc(Nc2cccnc2OC2CC2)nc2c(C(O)NC3C[C@@H]3O)cnn12. The van der Waals surface area contributed by atoms with Crippen molar-refractivity contribution in [3.8, 4) is 5.88 Å². The number of hydrogen-bond donors (Lipinski definition) is 5. The summed E-state index contributed by atoms with van der Waals surface area (Å²) in [5.74, 6) is 1.81. The minimum absolute atomic E-state index is 0.109. The number of rotatable bonds is 8. The van der Waals surface area contributed by atoms with Crippen molar-refractivity contribution in [1.29, 1.82) is 0 Å². The lowest BCUT2D eigenvalue weighted by Gasteiger charge is -2.14. The lowest BCUT2D eigenvalue weighted by atomic mass is 10.3. The molecule has 3 aromatic heterocycles. The molecule has 0 radical (unpaired) electrons. The molecule has 2 aliphatic carbocycles. The summed E-state index contributed by atoms with van der Waals surface area (Å²) in [5, 5.41) is 33.7. The van der Waals surface area contributed by atoms with Crippen LogP contribution in [0.5, 0.6) is 5.88 Å². The molecule has 152 valence electrons. The lowest BCUT2D eigenvalue weighted by molar-refractivity contribution is 0.128. The van der Waals surface area contributed by atoms with Crippen molar-refractivity contribution in [2.45, 2.75) is 43.7 Å². The fraction of sp³-hybridized carbons (Fsp3) is 0.421. The van der Waals surface area contributed by atoms with Gasteiger partial charge in [-0.1, -0.05) is 0 Å². The minimum Gasteiger partial charge on any atom is -0.473 e. The summed E-state index contributed by atoms with van der Waals surface area (Å²) in [6.07, 6.45) is 4.83. The average Bonchev–Trinajstić information content (AvgIpc) is 3.62. The van der Waals surface area contributed by atoms with E-state index in [-0.39, 0.29) is 12.1 Å². The van der Waals surface area contributed by atoms with E-state index >= 15 is 0 Å². The number of aliphatic hydroxyl groups is 2. The van der Waals surface area contributed by atoms with Gasteiger partial charge in [0.1, 0.15) is 29.7 Å². The Morgan fingerprint density at radius 3 is 2.90 bits per heavy atom. The predicted octanol–water partition coefficient (Wildman–Crippen LogP) is 1.16. The molecule has 0 aliphatic heterocycles. The second-order valence-electron chi connectivity index (χ2n) is 7.39. The molecule has 0 saturated heterocycles. The summed E-state index contributed by atoms with van der Waals surface area (Å²) < 4.78 is 7.50. The van der Waals surface area contributed by atoms with Crippen molar-refractivity contribution in [2.75, 3.05) is 17.7 Å². The van der Waals surface area contributed by atoms with E-state index < -0.39 is 12.3 Å². The van der Waals surface area contributed by atoms with Crippen LogP contribution in [0.4, 0.5) is 17.3 Å². The van der Waals surface area contributed by atoms with Gasteiger partial charge in [-0.2, -0.15) is 9.61 Å². The maximum atomic E-state index is 10.5. The number of aromatic nitrogens is 4. The Morgan fingerprint density at radius 1 is 1.34 bits per heavy atom. The molecule has 10 nitrogen and oxygen atoms in total. The summed E-state index contributed by atoms with van der Waals surface area (Å²) >= 11 is 0. The van der Waals surface area contributed by atoms with Gasteiger partial charge in [0.2, 0.25) is 5.88 Å². The average molecular weight is 397 g/mol. The molecule has 5 N–H and O–H groups in total. The highest BCUT2D eigenvalue weighted by atomic mass is 16.5. The summed E-state index contributed by atoms with van der Waals surface area (Å²) in [5.41, 5.74) is 1.76. The highest BCUT2D eigenvalue weighted by Crippen LogP contribution is 2.32. The lowest BCUT2D eigenvalue weighted by Crippen LogP contribution is -2.25. The molecule has 3 atom stereocenters. The molecule has 10 heteroatoms. The van der Waals surface area contributed by atoms with E-state index in [0.29, 0.717) is 35.1 Å². The van der Waals surface area contributed by atoms with E-state index in [0.717, 1.165) is 18.5 Å². The normalized spacial score (nSPS) is 21.8. The van der Waals surface area contributed by atoms with Crippen LogP contribution >= 0.6 is 0 Å². The van der Waals surface area contributed by atoms with Gasteiger partial charge in [0.15, 0.2) is 5.65 Å². The number of anilines is 3. The molecular formula is C19H23N7O3. The zero-order valence-corrected chi connectivity index (χ0v) is 15.9. The van der Waals surface area contributed by atoms with Crippen LogP contribution < -0.4 is 20.7 Å². The van der Waals surface area contributed by atoms with Crippen LogP contribution in [0.1, 0.15) is 31.1 Å². The molecule has 29 heavy (non-hydrogen) atoms. The largest absolute Gasteiger partial charge is 0.473 e. The third kappa shape index (κ3) is 3.69. The first-order valence-corrected chi connectivity index (χ1v) is 9.69. The maximum Gasteiger partial charge on any atom is 0.238 e. The summed E-state index contributed by atoms with van der Waals surface area (Å²) in [7, 11) is 1.79. The van der Waals surface area contributed by atoms with Gasteiger partial charge in [-0.3, -0.25) is 5.32 Å². The van der Waals surface area contributed by atoms with Crippen LogP contribution in [0.2, 0.25) is 0 Å². The van der Waals surface area contributed by atoms with Crippen LogP contribution in [0.3, 0.4) is 0 Å². The number of nitrogens with one attached hydrogen (secondary N) is 3. The monoisotopic (exact) mass is 397 g/mol. The second kappa shape index (κ2) is 7.14. The van der Waals surface area contributed by atoms with Gasteiger partial charge >= 0.3 is 0 Å². The molecule has 5 rings (SSSR count). The van der Waals surface area contributed by atoms with E-state index in [4.69, 9.17) is 4.74 Å². The van der Waals surface area contributed by atoms with E-state index in [1.165, 1.54) is 0 Å². The molecule has 0 amide bonds. The van der Waals surface area contributed by atoms with E-state index in [1.54, 1.807) is 24.0 Å². The number of nitrogens with zero attached hydrogens (tertiary/aromatic N) is 4. The van der Waals surface area contributed by atoms with Gasteiger partial charge in [0.25, 0.3) is 0 Å². The van der Waals surface area contributed by atoms with Gasteiger partial charge < -0.3 is 25.6 Å². The zero-order valence-electron chi connectivity index (χ0n) is 15.9. The smallest absolute Gasteiger partial charge is 0.238 e. The molecular weight excluding hydrogens is 374 g/mol. The Kier molecular flexibility index (Phi) is 4.46. The Hall–Kier alpha value is -2.95. The van der Waals surface area contributed by atoms with Crippen molar-refractivity contribution < 1.29 is 14.9 Å². The van der Waals surface area contributed by atoms with Crippen molar-refractivity contribution in [3.63, 3.8) is 0 Å². The first-order valence-electron chi connectivity index (χ1n) is 9.69. The van der Waals surface area contributed by atoms with Crippen LogP contribution in [-0.2, 0) is 0 Å². The predicted molar refractivity (Wildman–Crippen MR) is 106 cm³/mol. The third-order valence-corrected chi connectivity index (χ3v) is 5.02. The van der Waals surface area contributed by atoms with Crippen LogP contribution in [0.15, 0.2) is 30.6 Å². The van der Waals surface area contributed by atoms with Crippen LogP contribution in [0, 0.1) is 0 Å². The van der Waals surface area contributed by atoms with E-state index in [1.807, 2.05) is 18.2 Å². The van der Waals surface area contributed by atoms with Gasteiger partial charge in [-0.15, -0.1) is 0 Å². The number of hydrogen-bond acceptors (Lipinski definition) is 9. The standard InChI is InChI=1S/C19H23N7O3/c1-20-16-8-15(23-12-3-2-6-21-19(12)29-10-4-5-10)25-17-11(9-22-26(16)17)18(28)24-13-7-14(13)27/h2-3,6,8-10,13-14,18,20,24,27-28H,4-5,7H2,1H3,(H,23,25)/t13?,14-,18?/m0/s1. The summed E-state index contributed by atoms with van der Waals surface area (Å²) in [4.78, 5) is 8.97. The quantitative estimate of drug-likeness (QED) is 0.356. The molecule has 2 fully saturated rings. The van der Waals surface area contributed by atoms with Crippen molar-refractivity contribution in [3.05, 3.63) is 36.2 Å². The van der Waals surface area contributed by atoms with Crippen molar-refractivity contribution >= 4 is 23.0 Å². The van der Waals surface area contributed by atoms with Crippen LogP contribution in [0.25, 0.3) is 5.65 Å². The highest BCUT2D eigenvalue weighted by Gasteiger charge is 2.37. The number of fused-ring (bicyclic) bond motifs is 1. The molecule has 0 spiro atoms. The Labute approximate surface area is 166 Å². The first-order chi connectivity index (χ1) is 14.1. The molecule has 2 saturated carbocycles. The Balaban J connectivity index is 1.47. The highest BCUT2D eigenvalue weighted by molar-refractivity contribution is 5.67. The fourth-order valence-corrected chi connectivity index (χ4v) is 3.13. The molecule has 0 bridgehead atoms. The van der Waals surface area contributed by atoms with E-state index in [2.05, 4.69) is 31.0 Å². The Morgan fingerprint density at radius 2 is 2.17 bits per heavy atom. The Bertz CT molecular complexity index is 1040. The van der Waals surface area contributed by atoms with Gasteiger partial charge in [0, 0.05) is 25.4 Å². The topological polar surface area (TPSA) is 129 Å². The first kappa shape index (κ1) is 18.1. The molecule has 3 heterocycles. The maximum absolute atomic E-state index is 10.5. The number of aliphatic hydroxyl groups excluding tert-OH is 2. The minimum atomic E-state index is -0.978. The summed E-state index contributed by atoms with van der Waals surface area (Å²) in [6.45, 7) is 0. The number of ether oxygens (including phenoxy) is 1. The van der Waals surface area contributed by atoms with Gasteiger partial charge in [0.05, 0.1) is 17.9 Å². The van der Waals surface area contributed by atoms with Gasteiger partial charge in [-0.05, 0) is 31.4 Å². The van der Waals surface area contributed by atoms with Crippen LogP contribution in [-0.4, -0.2) is 55.1 Å². The molecule has 3 aromatic rings. The molecule has 0 aromatic carbocycles. The molecule has 2 unspecified atom stereocenters. The van der Waals surface area contributed by atoms with Crippen molar-refractivity contribution in [1.82, 2.24) is 24.9 Å². The summed E-state index contributed by atoms with van der Waals surface area (Å²) in [6, 6.07) is 5.43. The molecule has 2 aliphatic rings. The van der Waals surface area contributed by atoms with Gasteiger partial charge in [-0.25, -0.2) is 9.97 Å². The second-order valence-corrected chi connectivity index (χ2v) is 7.39. The zero-order chi connectivity index (χ0) is 20.0. The number of pyridine rings is 1. The fourth-order valence-electron chi connectivity index (χ4n) is 3.13. The van der Waals surface area contributed by atoms with E-state index in [9.17, 15) is 10.2 Å².